The zero-order chi connectivity index (χ0) is 10.0. The lowest BCUT2D eigenvalue weighted by molar-refractivity contribution is -0.140. The van der Waals surface area contributed by atoms with E-state index in [1.54, 1.807) is 0 Å². The second-order valence-electron chi connectivity index (χ2n) is 2.64. The van der Waals surface area contributed by atoms with Crippen molar-refractivity contribution in [2.45, 2.75) is 13.3 Å². The van der Waals surface area contributed by atoms with Crippen molar-refractivity contribution >= 4 is 17.8 Å². The molecule has 0 aromatic heterocycles. The second kappa shape index (κ2) is 3.38. The maximum atomic E-state index is 11.0. The quantitative estimate of drug-likeness (QED) is 0.463. The number of methoxy groups -OCH3 is 1. The molecule has 1 N–H and O–H groups in total. The van der Waals surface area contributed by atoms with Crippen LogP contribution < -0.4 is 5.32 Å². The van der Waals surface area contributed by atoms with E-state index in [-0.39, 0.29) is 17.6 Å². The van der Waals surface area contributed by atoms with E-state index in [1.165, 1.54) is 14.0 Å². The molecule has 1 heterocycles. The summed E-state index contributed by atoms with van der Waals surface area (Å²) in [5.41, 5.74) is 0.479. The van der Waals surface area contributed by atoms with Gasteiger partial charge < -0.3 is 4.74 Å². The van der Waals surface area contributed by atoms with Crippen molar-refractivity contribution in [3.8, 4) is 0 Å². The van der Waals surface area contributed by atoms with Crippen LogP contribution in [0.4, 0.5) is 0 Å². The van der Waals surface area contributed by atoms with Crippen LogP contribution in [0.5, 0.6) is 0 Å². The first-order chi connectivity index (χ1) is 6.06. The van der Waals surface area contributed by atoms with Gasteiger partial charge in [0.05, 0.1) is 13.5 Å². The summed E-state index contributed by atoms with van der Waals surface area (Å²) in [6, 6.07) is 0. The summed E-state index contributed by atoms with van der Waals surface area (Å²) in [6.07, 6.45) is -0.153. The van der Waals surface area contributed by atoms with Crippen molar-refractivity contribution in [1.82, 2.24) is 5.32 Å². The first kappa shape index (κ1) is 9.44. The summed E-state index contributed by atoms with van der Waals surface area (Å²) in [6.45, 7) is 1.50. The molecule has 70 valence electrons. The van der Waals surface area contributed by atoms with Gasteiger partial charge in [0.2, 0.25) is 0 Å². The molecule has 0 aliphatic carbocycles. The van der Waals surface area contributed by atoms with E-state index in [0.29, 0.717) is 0 Å². The van der Waals surface area contributed by atoms with Gasteiger partial charge in [0.1, 0.15) is 0 Å². The number of carbonyl (C=O) groups is 3. The number of imide groups is 1. The van der Waals surface area contributed by atoms with Crippen molar-refractivity contribution in [3.05, 3.63) is 11.1 Å². The van der Waals surface area contributed by atoms with E-state index in [4.69, 9.17) is 0 Å². The molecule has 5 heteroatoms. The van der Waals surface area contributed by atoms with Crippen molar-refractivity contribution in [1.29, 1.82) is 0 Å². The molecule has 2 amide bonds. The predicted molar refractivity (Wildman–Crippen MR) is 42.5 cm³/mol. The van der Waals surface area contributed by atoms with Crippen LogP contribution in [-0.2, 0) is 19.1 Å². The molecule has 0 saturated carbocycles. The molecular formula is C8H9NO4. The highest BCUT2D eigenvalue weighted by atomic mass is 16.5. The fraction of sp³-hybridized carbons (Fsp3) is 0.375. The number of hydrogen-bond donors (Lipinski definition) is 1. The van der Waals surface area contributed by atoms with Gasteiger partial charge in [-0.1, -0.05) is 0 Å². The topological polar surface area (TPSA) is 72.5 Å². The molecule has 0 radical (unpaired) electrons. The zero-order valence-electron chi connectivity index (χ0n) is 7.34. The van der Waals surface area contributed by atoms with Crippen LogP contribution in [0.25, 0.3) is 0 Å². The number of esters is 1. The Kier molecular flexibility index (Phi) is 2.46. The lowest BCUT2D eigenvalue weighted by atomic mass is 10.1. The Hall–Kier alpha value is -1.65. The fourth-order valence-corrected chi connectivity index (χ4v) is 1.01. The Morgan fingerprint density at radius 2 is 2.00 bits per heavy atom. The average Bonchev–Trinajstić information content (AvgIpc) is 2.32. The zero-order valence-corrected chi connectivity index (χ0v) is 7.34. The van der Waals surface area contributed by atoms with Gasteiger partial charge in [-0.25, -0.2) is 0 Å². The molecule has 1 rings (SSSR count). The summed E-state index contributed by atoms with van der Waals surface area (Å²) in [4.78, 5) is 32.8. The van der Waals surface area contributed by atoms with Crippen LogP contribution in [0.1, 0.15) is 13.3 Å². The van der Waals surface area contributed by atoms with E-state index in [0.717, 1.165) is 0 Å². The number of amides is 2. The number of carbonyl (C=O) groups excluding carboxylic acids is 3. The van der Waals surface area contributed by atoms with Gasteiger partial charge >= 0.3 is 5.97 Å². The van der Waals surface area contributed by atoms with Crippen LogP contribution >= 0.6 is 0 Å². The Morgan fingerprint density at radius 1 is 1.38 bits per heavy atom. The van der Waals surface area contributed by atoms with Gasteiger partial charge in [-0.15, -0.1) is 0 Å². The van der Waals surface area contributed by atoms with E-state index in [1.807, 2.05) is 0 Å². The molecule has 0 atom stereocenters. The highest BCUT2D eigenvalue weighted by molar-refractivity contribution is 6.20. The molecule has 0 fully saturated rings. The first-order valence-electron chi connectivity index (χ1n) is 3.68. The van der Waals surface area contributed by atoms with Crippen LogP contribution in [0, 0.1) is 0 Å². The monoisotopic (exact) mass is 183 g/mol. The van der Waals surface area contributed by atoms with Gasteiger partial charge in [0.25, 0.3) is 11.8 Å². The SMILES string of the molecule is COC(=O)CC1=C(C)C(=O)NC1=O. The van der Waals surface area contributed by atoms with Crippen molar-refractivity contribution in [3.63, 3.8) is 0 Å². The third-order valence-electron chi connectivity index (χ3n) is 1.84. The Bertz CT molecular complexity index is 316. The number of rotatable bonds is 2. The molecule has 0 spiro atoms. The van der Waals surface area contributed by atoms with Crippen LogP contribution in [0.3, 0.4) is 0 Å². The number of hydrogen-bond acceptors (Lipinski definition) is 4. The van der Waals surface area contributed by atoms with Gasteiger partial charge in [-0.3, -0.25) is 19.7 Å². The van der Waals surface area contributed by atoms with E-state index in [9.17, 15) is 14.4 Å². The minimum absolute atomic E-state index is 0.153. The maximum absolute atomic E-state index is 11.0. The Morgan fingerprint density at radius 3 is 2.38 bits per heavy atom. The Labute approximate surface area is 74.7 Å². The summed E-state index contributed by atoms with van der Waals surface area (Å²) in [7, 11) is 1.23. The standard InChI is InChI=1S/C8H9NO4/c1-4-5(3-6(10)13-2)8(12)9-7(4)11/h3H2,1-2H3,(H,9,11,12). The third kappa shape index (κ3) is 1.74. The first-order valence-corrected chi connectivity index (χ1v) is 3.68. The third-order valence-corrected chi connectivity index (χ3v) is 1.84. The van der Waals surface area contributed by atoms with Crippen molar-refractivity contribution in [2.24, 2.45) is 0 Å². The molecular weight excluding hydrogens is 174 g/mol. The predicted octanol–water partition coefficient (Wildman–Crippen LogP) is -0.478. The van der Waals surface area contributed by atoms with Crippen molar-refractivity contribution < 1.29 is 19.1 Å². The van der Waals surface area contributed by atoms with Gasteiger partial charge in [0.15, 0.2) is 0 Å². The summed E-state index contributed by atoms with van der Waals surface area (Å²) in [5.74, 6) is -1.48. The molecule has 1 aliphatic rings. The highest BCUT2D eigenvalue weighted by Crippen LogP contribution is 2.15. The largest absolute Gasteiger partial charge is 0.469 e. The average molecular weight is 183 g/mol. The molecule has 0 aromatic carbocycles. The minimum Gasteiger partial charge on any atom is -0.469 e. The van der Waals surface area contributed by atoms with Gasteiger partial charge in [-0.2, -0.15) is 0 Å². The Balaban J connectivity index is 2.84. The van der Waals surface area contributed by atoms with E-state index in [2.05, 4.69) is 10.1 Å². The molecule has 0 saturated heterocycles. The highest BCUT2D eigenvalue weighted by Gasteiger charge is 2.28. The van der Waals surface area contributed by atoms with Gasteiger partial charge in [-0.05, 0) is 6.92 Å². The fourth-order valence-electron chi connectivity index (χ4n) is 1.01. The molecule has 0 bridgehead atoms. The minimum atomic E-state index is -0.529. The molecule has 5 nitrogen and oxygen atoms in total. The number of ether oxygens (including phenoxy) is 1. The lowest BCUT2D eigenvalue weighted by Crippen LogP contribution is -2.23. The lowest BCUT2D eigenvalue weighted by Gasteiger charge is -1.98. The molecule has 0 aromatic rings. The normalized spacial score (nSPS) is 16.2. The van der Waals surface area contributed by atoms with Gasteiger partial charge in [0, 0.05) is 11.1 Å². The van der Waals surface area contributed by atoms with E-state index >= 15 is 0 Å². The molecule has 13 heavy (non-hydrogen) atoms. The summed E-state index contributed by atoms with van der Waals surface area (Å²) >= 11 is 0. The molecule has 1 aliphatic heterocycles. The smallest absolute Gasteiger partial charge is 0.310 e. The maximum Gasteiger partial charge on any atom is 0.310 e. The van der Waals surface area contributed by atoms with Crippen LogP contribution in [0.2, 0.25) is 0 Å². The second-order valence-corrected chi connectivity index (χ2v) is 2.64. The summed E-state index contributed by atoms with van der Waals surface area (Å²) in [5, 5.41) is 2.09. The van der Waals surface area contributed by atoms with Crippen LogP contribution in [-0.4, -0.2) is 24.9 Å². The van der Waals surface area contributed by atoms with Crippen molar-refractivity contribution in [2.75, 3.05) is 7.11 Å². The number of nitrogens with one attached hydrogen (secondary N) is 1. The van der Waals surface area contributed by atoms with E-state index < -0.39 is 17.8 Å². The molecule has 0 unspecified atom stereocenters. The van der Waals surface area contributed by atoms with Crippen LogP contribution in [0.15, 0.2) is 11.1 Å². The summed E-state index contributed by atoms with van der Waals surface area (Å²) < 4.78 is 4.38.